The highest BCUT2D eigenvalue weighted by Crippen LogP contribution is 2.34. The molecule has 1 heterocycles. The lowest BCUT2D eigenvalue weighted by Gasteiger charge is -2.34. The molecule has 0 atom stereocenters. The normalized spacial score (nSPS) is 15.9. The zero-order valence-electron chi connectivity index (χ0n) is 15.1. The third-order valence-electron chi connectivity index (χ3n) is 4.14. The van der Waals surface area contributed by atoms with Crippen LogP contribution in [0.5, 0.6) is 0 Å². The lowest BCUT2D eigenvalue weighted by atomic mass is 9.90. The van der Waals surface area contributed by atoms with Crippen LogP contribution in [0.25, 0.3) is 5.57 Å². The summed E-state index contributed by atoms with van der Waals surface area (Å²) in [5.41, 5.74) is 2.61. The summed E-state index contributed by atoms with van der Waals surface area (Å²) in [6.07, 6.45) is 0.679. The second-order valence-corrected chi connectivity index (χ2v) is 6.64. The molecule has 25 heavy (non-hydrogen) atoms. The summed E-state index contributed by atoms with van der Waals surface area (Å²) in [7, 11) is 0. The van der Waals surface area contributed by atoms with Gasteiger partial charge in [-0.2, -0.15) is 0 Å². The number of ether oxygens (including phenoxy) is 2. The first-order valence-corrected chi connectivity index (χ1v) is 7.94. The van der Waals surface area contributed by atoms with Gasteiger partial charge in [-0.3, -0.25) is 4.90 Å². The summed E-state index contributed by atoms with van der Waals surface area (Å²) >= 11 is 0. The molecule has 0 unspecified atom stereocenters. The average molecular weight is 341 g/mol. The highest BCUT2D eigenvalue weighted by atomic mass is 16.6. The molecule has 1 amide bonds. The van der Waals surface area contributed by atoms with Crippen LogP contribution in [0.2, 0.25) is 0 Å². The van der Waals surface area contributed by atoms with E-state index in [4.69, 9.17) is 9.47 Å². The number of allylic oxidation sites excluding steroid dienone is 1. The van der Waals surface area contributed by atoms with Gasteiger partial charge < -0.3 is 9.47 Å². The quantitative estimate of drug-likeness (QED) is 0.453. The van der Waals surface area contributed by atoms with Crippen LogP contribution in [0.4, 0.5) is 4.79 Å². The maximum absolute atomic E-state index is 12.3. The zero-order chi connectivity index (χ0) is 18.8. The van der Waals surface area contributed by atoms with Crippen LogP contribution < -0.4 is 0 Å². The minimum absolute atomic E-state index is 0.215. The smallest absolute Gasteiger partial charge is 0.416 e. The molecule has 0 saturated carbocycles. The van der Waals surface area contributed by atoms with Gasteiger partial charge in [-0.05, 0) is 44.9 Å². The van der Waals surface area contributed by atoms with Gasteiger partial charge in [0, 0.05) is 5.57 Å². The molecule has 5 heteroatoms. The van der Waals surface area contributed by atoms with E-state index in [0.29, 0.717) is 0 Å². The van der Waals surface area contributed by atoms with Crippen LogP contribution in [0.3, 0.4) is 0 Å². The van der Waals surface area contributed by atoms with Crippen molar-refractivity contribution in [3.05, 3.63) is 66.1 Å². The molecule has 5 nitrogen and oxygen atoms in total. The van der Waals surface area contributed by atoms with E-state index in [1.807, 2.05) is 45.0 Å². The second kappa shape index (κ2) is 6.97. The minimum atomic E-state index is -0.601. The van der Waals surface area contributed by atoms with Gasteiger partial charge in [-0.25, -0.2) is 9.59 Å². The Morgan fingerprint density at radius 2 is 2.00 bits per heavy atom. The predicted molar refractivity (Wildman–Crippen MR) is 96.4 cm³/mol. The molecular weight excluding hydrogens is 318 g/mol. The topological polar surface area (TPSA) is 55.8 Å². The fourth-order valence-corrected chi connectivity index (χ4v) is 2.45. The van der Waals surface area contributed by atoms with E-state index in [2.05, 4.69) is 13.2 Å². The van der Waals surface area contributed by atoms with Gasteiger partial charge in [0.1, 0.15) is 6.26 Å². The third kappa shape index (κ3) is 3.99. The van der Waals surface area contributed by atoms with E-state index >= 15 is 0 Å². The summed E-state index contributed by atoms with van der Waals surface area (Å²) in [5.74, 6) is -0.279. The molecule has 1 fully saturated rings. The van der Waals surface area contributed by atoms with Gasteiger partial charge in [-0.15, -0.1) is 0 Å². The van der Waals surface area contributed by atoms with Crippen LogP contribution in [-0.4, -0.2) is 23.5 Å². The number of carbonyl (C=O) groups is 2. The third-order valence-corrected chi connectivity index (χ3v) is 4.14. The van der Waals surface area contributed by atoms with Crippen molar-refractivity contribution in [1.82, 2.24) is 4.90 Å². The Bertz CT molecular complexity index is 774. The lowest BCUT2D eigenvalue weighted by molar-refractivity contribution is -0.133. The number of hydrogen-bond acceptors (Lipinski definition) is 4. The number of hydrogen-bond donors (Lipinski definition) is 0. The van der Waals surface area contributed by atoms with Gasteiger partial charge in [0.15, 0.2) is 5.76 Å². The molecule has 0 aromatic heterocycles. The monoisotopic (exact) mass is 341 g/mol. The van der Waals surface area contributed by atoms with Crippen molar-refractivity contribution in [2.75, 3.05) is 6.54 Å². The maximum atomic E-state index is 12.3. The van der Waals surface area contributed by atoms with Crippen LogP contribution >= 0.6 is 0 Å². The first-order valence-electron chi connectivity index (χ1n) is 7.94. The Kier molecular flexibility index (Phi) is 5.16. The molecule has 132 valence electrons. The number of esters is 1. The van der Waals surface area contributed by atoms with E-state index < -0.39 is 17.6 Å². The van der Waals surface area contributed by atoms with Gasteiger partial charge in [-0.1, -0.05) is 36.9 Å². The number of carbonyl (C=O) groups excluding carboxylic acids is 2. The Balaban J connectivity index is 2.22. The van der Waals surface area contributed by atoms with Crippen molar-refractivity contribution in [2.24, 2.45) is 0 Å². The van der Waals surface area contributed by atoms with Crippen molar-refractivity contribution in [3.63, 3.8) is 0 Å². The fraction of sp³-hybridized carbons (Fsp3) is 0.300. The van der Waals surface area contributed by atoms with Gasteiger partial charge in [0.05, 0.1) is 12.1 Å². The number of amides is 1. The molecule has 1 aromatic carbocycles. The SMILES string of the molecule is C=C(C)C(=O)O/C=C1\CN(C(C)(C)c2cccc(C(=C)C)c2)C(=O)O1. The lowest BCUT2D eigenvalue weighted by Crippen LogP contribution is -2.42. The Labute approximate surface area is 148 Å². The van der Waals surface area contributed by atoms with Gasteiger partial charge in [0.2, 0.25) is 0 Å². The summed E-state index contributed by atoms with van der Waals surface area (Å²) in [5, 5.41) is 0. The van der Waals surface area contributed by atoms with E-state index in [1.165, 1.54) is 0 Å². The zero-order valence-corrected chi connectivity index (χ0v) is 15.1. The standard InChI is InChI=1S/C20H23NO4/c1-13(2)15-8-7-9-16(10-15)20(5,6)21-11-17(25-19(21)23)12-24-18(22)14(3)4/h7-10,12H,1,3,11H2,2,4-6H3/b17-12+. The summed E-state index contributed by atoms with van der Waals surface area (Å²) in [6.45, 7) is 15.0. The van der Waals surface area contributed by atoms with Crippen molar-refractivity contribution < 1.29 is 19.1 Å². The summed E-state index contributed by atoms with van der Waals surface area (Å²) in [4.78, 5) is 25.3. The number of nitrogens with zero attached hydrogens (tertiary/aromatic N) is 1. The van der Waals surface area contributed by atoms with Crippen LogP contribution in [-0.2, 0) is 19.8 Å². The molecular formula is C20H23NO4. The Hall–Kier alpha value is -2.82. The van der Waals surface area contributed by atoms with Gasteiger partial charge in [0.25, 0.3) is 0 Å². The number of cyclic esters (lactones) is 1. The molecule has 0 bridgehead atoms. The van der Waals surface area contributed by atoms with Crippen LogP contribution in [0.1, 0.15) is 38.8 Å². The highest BCUT2D eigenvalue weighted by molar-refractivity contribution is 5.87. The molecule has 0 radical (unpaired) electrons. The molecule has 0 spiro atoms. The van der Waals surface area contributed by atoms with Crippen molar-refractivity contribution in [2.45, 2.75) is 33.2 Å². The van der Waals surface area contributed by atoms with Crippen LogP contribution in [0.15, 0.2) is 55.0 Å². The largest absolute Gasteiger partial charge is 0.427 e. The first kappa shape index (κ1) is 18.5. The molecule has 0 N–H and O–H groups in total. The Morgan fingerprint density at radius 1 is 1.32 bits per heavy atom. The van der Waals surface area contributed by atoms with E-state index in [1.54, 1.807) is 11.8 Å². The van der Waals surface area contributed by atoms with Crippen molar-refractivity contribution >= 4 is 17.6 Å². The summed E-state index contributed by atoms with van der Waals surface area (Å²) < 4.78 is 10.2. The second-order valence-electron chi connectivity index (χ2n) is 6.64. The number of benzene rings is 1. The molecule has 0 aliphatic carbocycles. The molecule has 2 rings (SSSR count). The predicted octanol–water partition coefficient (Wildman–Crippen LogP) is 4.37. The molecule has 1 aliphatic heterocycles. The Morgan fingerprint density at radius 3 is 2.60 bits per heavy atom. The molecule has 1 aliphatic rings. The van der Waals surface area contributed by atoms with Crippen molar-refractivity contribution in [1.29, 1.82) is 0 Å². The maximum Gasteiger partial charge on any atom is 0.416 e. The fourth-order valence-electron chi connectivity index (χ4n) is 2.45. The number of rotatable bonds is 5. The van der Waals surface area contributed by atoms with Gasteiger partial charge >= 0.3 is 12.1 Å². The average Bonchev–Trinajstić information content (AvgIpc) is 2.94. The minimum Gasteiger partial charge on any atom is -0.427 e. The van der Waals surface area contributed by atoms with Crippen molar-refractivity contribution in [3.8, 4) is 0 Å². The highest BCUT2D eigenvalue weighted by Gasteiger charge is 2.39. The molecule has 1 saturated heterocycles. The van der Waals surface area contributed by atoms with E-state index in [9.17, 15) is 9.59 Å². The first-order chi connectivity index (χ1) is 11.6. The summed E-state index contributed by atoms with van der Waals surface area (Å²) in [6, 6.07) is 7.89. The van der Waals surface area contributed by atoms with E-state index in [-0.39, 0.29) is 17.9 Å². The molecule has 1 aromatic rings. The van der Waals surface area contributed by atoms with E-state index in [0.717, 1.165) is 23.0 Å². The van der Waals surface area contributed by atoms with Crippen LogP contribution in [0, 0.1) is 0 Å².